The Hall–Kier alpha value is -1.71. The lowest BCUT2D eigenvalue weighted by Crippen LogP contribution is -2.28. The highest BCUT2D eigenvalue weighted by Crippen LogP contribution is 2.19. The van der Waals surface area contributed by atoms with Gasteiger partial charge in [-0.05, 0) is 24.3 Å². The molecule has 1 aromatic carbocycles. The SMILES string of the molecule is N#Cc1ccc(S(=O)(=O)N2CCC(=O)C2)cc1. The zero-order valence-electron chi connectivity index (χ0n) is 8.96. The van der Waals surface area contributed by atoms with Crippen molar-refractivity contribution >= 4 is 15.8 Å². The van der Waals surface area contributed by atoms with Crippen molar-refractivity contribution in [2.24, 2.45) is 0 Å². The van der Waals surface area contributed by atoms with Gasteiger partial charge in [0.15, 0.2) is 0 Å². The molecule has 0 unspecified atom stereocenters. The lowest BCUT2D eigenvalue weighted by molar-refractivity contribution is -0.116. The van der Waals surface area contributed by atoms with Crippen LogP contribution in [0.1, 0.15) is 12.0 Å². The van der Waals surface area contributed by atoms with Gasteiger partial charge in [-0.1, -0.05) is 0 Å². The predicted molar refractivity (Wildman–Crippen MR) is 59.5 cm³/mol. The first-order valence-corrected chi connectivity index (χ1v) is 6.50. The van der Waals surface area contributed by atoms with Crippen LogP contribution in [0.25, 0.3) is 0 Å². The number of sulfonamides is 1. The van der Waals surface area contributed by atoms with E-state index in [2.05, 4.69) is 0 Å². The molecule has 0 aromatic heterocycles. The van der Waals surface area contributed by atoms with Crippen LogP contribution in [0.4, 0.5) is 0 Å². The molecule has 0 saturated carbocycles. The Kier molecular flexibility index (Phi) is 2.96. The number of nitrogens with zero attached hydrogens (tertiary/aromatic N) is 2. The Balaban J connectivity index is 2.32. The number of carbonyl (C=O) groups excluding carboxylic acids is 1. The summed E-state index contributed by atoms with van der Waals surface area (Å²) in [6, 6.07) is 7.59. The minimum atomic E-state index is -3.59. The first-order chi connectivity index (χ1) is 8.04. The van der Waals surface area contributed by atoms with E-state index in [1.807, 2.05) is 6.07 Å². The van der Waals surface area contributed by atoms with Crippen molar-refractivity contribution in [2.75, 3.05) is 13.1 Å². The van der Waals surface area contributed by atoms with Gasteiger partial charge in [0.1, 0.15) is 5.78 Å². The molecule has 0 radical (unpaired) electrons. The van der Waals surface area contributed by atoms with E-state index in [-0.39, 0.29) is 30.2 Å². The van der Waals surface area contributed by atoms with Crippen molar-refractivity contribution in [3.63, 3.8) is 0 Å². The van der Waals surface area contributed by atoms with E-state index in [0.717, 1.165) is 4.31 Å². The normalized spacial score (nSPS) is 17.0. The van der Waals surface area contributed by atoms with Crippen LogP contribution in [0.3, 0.4) is 0 Å². The van der Waals surface area contributed by atoms with E-state index in [4.69, 9.17) is 5.26 Å². The first-order valence-electron chi connectivity index (χ1n) is 5.06. The summed E-state index contributed by atoms with van der Waals surface area (Å²) >= 11 is 0. The molecule has 2 rings (SSSR count). The average molecular weight is 250 g/mol. The topological polar surface area (TPSA) is 78.2 Å². The minimum Gasteiger partial charge on any atom is -0.298 e. The molecule has 0 atom stereocenters. The van der Waals surface area contributed by atoms with Crippen molar-refractivity contribution in [3.05, 3.63) is 29.8 Å². The number of nitriles is 1. The number of benzene rings is 1. The molecule has 1 aliphatic rings. The van der Waals surface area contributed by atoms with Crippen molar-refractivity contribution in [1.29, 1.82) is 5.26 Å². The third-order valence-corrected chi connectivity index (χ3v) is 4.47. The monoisotopic (exact) mass is 250 g/mol. The van der Waals surface area contributed by atoms with Crippen LogP contribution in [0.2, 0.25) is 0 Å². The molecule has 0 spiro atoms. The van der Waals surface area contributed by atoms with Gasteiger partial charge in [0.25, 0.3) is 0 Å². The van der Waals surface area contributed by atoms with Crippen LogP contribution in [0.15, 0.2) is 29.2 Å². The largest absolute Gasteiger partial charge is 0.298 e. The van der Waals surface area contributed by atoms with Gasteiger partial charge in [0.05, 0.1) is 23.1 Å². The lowest BCUT2D eigenvalue weighted by atomic mass is 10.2. The van der Waals surface area contributed by atoms with E-state index in [9.17, 15) is 13.2 Å². The van der Waals surface area contributed by atoms with Crippen molar-refractivity contribution < 1.29 is 13.2 Å². The molecule has 1 saturated heterocycles. The lowest BCUT2D eigenvalue weighted by Gasteiger charge is -2.14. The number of Topliss-reactive ketones (excluding diaryl/α,β-unsaturated/α-hetero) is 1. The fraction of sp³-hybridized carbons (Fsp3) is 0.273. The summed E-state index contributed by atoms with van der Waals surface area (Å²) < 4.78 is 25.3. The van der Waals surface area contributed by atoms with Gasteiger partial charge in [-0.2, -0.15) is 9.57 Å². The van der Waals surface area contributed by atoms with Gasteiger partial charge < -0.3 is 0 Å². The van der Waals surface area contributed by atoms with E-state index in [1.165, 1.54) is 24.3 Å². The molecule has 6 heteroatoms. The number of carbonyl (C=O) groups is 1. The second-order valence-electron chi connectivity index (χ2n) is 3.76. The smallest absolute Gasteiger partial charge is 0.243 e. The summed E-state index contributed by atoms with van der Waals surface area (Å²) in [4.78, 5) is 11.2. The summed E-state index contributed by atoms with van der Waals surface area (Å²) in [6.07, 6.45) is 0.273. The van der Waals surface area contributed by atoms with Gasteiger partial charge in [0, 0.05) is 13.0 Å². The Morgan fingerprint density at radius 1 is 1.24 bits per heavy atom. The van der Waals surface area contributed by atoms with Gasteiger partial charge >= 0.3 is 0 Å². The van der Waals surface area contributed by atoms with Crippen molar-refractivity contribution in [2.45, 2.75) is 11.3 Å². The van der Waals surface area contributed by atoms with Crippen molar-refractivity contribution in [3.8, 4) is 6.07 Å². The maximum atomic E-state index is 12.1. The Morgan fingerprint density at radius 2 is 1.88 bits per heavy atom. The number of hydrogen-bond donors (Lipinski definition) is 0. The molecular formula is C11H10N2O3S. The van der Waals surface area contributed by atoms with Gasteiger partial charge in [-0.3, -0.25) is 4.79 Å². The molecule has 0 aliphatic carbocycles. The second-order valence-corrected chi connectivity index (χ2v) is 5.70. The fourth-order valence-electron chi connectivity index (χ4n) is 1.66. The third kappa shape index (κ3) is 2.20. The summed E-state index contributed by atoms with van der Waals surface area (Å²) in [5.74, 6) is -0.0674. The highest BCUT2D eigenvalue weighted by Gasteiger charge is 2.31. The molecule has 88 valence electrons. The van der Waals surface area contributed by atoms with Crippen LogP contribution < -0.4 is 0 Å². The molecule has 17 heavy (non-hydrogen) atoms. The van der Waals surface area contributed by atoms with Crippen LogP contribution in [0.5, 0.6) is 0 Å². The van der Waals surface area contributed by atoms with Crippen LogP contribution in [0, 0.1) is 11.3 Å². The maximum Gasteiger partial charge on any atom is 0.243 e. The summed E-state index contributed by atoms with van der Waals surface area (Å²) in [7, 11) is -3.59. The van der Waals surface area contributed by atoms with Crippen LogP contribution in [-0.4, -0.2) is 31.6 Å². The highest BCUT2D eigenvalue weighted by atomic mass is 32.2. The third-order valence-electron chi connectivity index (χ3n) is 2.61. The van der Waals surface area contributed by atoms with Gasteiger partial charge in [0.2, 0.25) is 10.0 Å². The quantitative estimate of drug-likeness (QED) is 0.766. The van der Waals surface area contributed by atoms with Crippen molar-refractivity contribution in [1.82, 2.24) is 4.31 Å². The molecule has 0 amide bonds. The summed E-state index contributed by atoms with van der Waals surface area (Å²) in [5, 5.41) is 8.62. The summed E-state index contributed by atoms with van der Waals surface area (Å²) in [5.41, 5.74) is 0.404. The zero-order chi connectivity index (χ0) is 12.5. The number of rotatable bonds is 2. The summed E-state index contributed by atoms with van der Waals surface area (Å²) in [6.45, 7) is 0.184. The van der Waals surface area contributed by atoms with Gasteiger partial charge in [-0.25, -0.2) is 8.42 Å². The highest BCUT2D eigenvalue weighted by molar-refractivity contribution is 7.89. The molecule has 1 heterocycles. The van der Waals surface area contributed by atoms with E-state index in [1.54, 1.807) is 0 Å². The zero-order valence-corrected chi connectivity index (χ0v) is 9.77. The Morgan fingerprint density at radius 3 is 2.35 bits per heavy atom. The minimum absolute atomic E-state index is 0.0532. The predicted octanol–water partition coefficient (Wildman–Crippen LogP) is 0.522. The van der Waals surface area contributed by atoms with Crippen LogP contribution >= 0.6 is 0 Å². The second kappa shape index (κ2) is 4.28. The molecular weight excluding hydrogens is 240 g/mol. The van der Waals surface area contributed by atoms with Gasteiger partial charge in [-0.15, -0.1) is 0 Å². The Labute approximate surface area is 99.3 Å². The standard InChI is InChI=1S/C11H10N2O3S/c12-7-9-1-3-11(4-2-9)17(15,16)13-6-5-10(14)8-13/h1-4H,5-6,8H2. The average Bonchev–Trinajstić information content (AvgIpc) is 2.77. The molecule has 1 aliphatic heterocycles. The molecule has 1 aromatic rings. The maximum absolute atomic E-state index is 12.1. The number of ketones is 1. The fourth-order valence-corrected chi connectivity index (χ4v) is 3.08. The number of hydrogen-bond acceptors (Lipinski definition) is 4. The van der Waals surface area contributed by atoms with Crippen LogP contribution in [-0.2, 0) is 14.8 Å². The van der Waals surface area contributed by atoms with E-state index >= 15 is 0 Å². The molecule has 0 N–H and O–H groups in total. The first kappa shape index (κ1) is 11.8. The Bertz CT molecular complexity index is 584. The van der Waals surface area contributed by atoms with E-state index in [0.29, 0.717) is 5.56 Å². The van der Waals surface area contributed by atoms with E-state index < -0.39 is 10.0 Å². The molecule has 1 fully saturated rings. The molecule has 0 bridgehead atoms. The molecule has 5 nitrogen and oxygen atoms in total.